The lowest BCUT2D eigenvalue weighted by molar-refractivity contribution is -0.386. The number of hydrogen-bond acceptors (Lipinski definition) is 6. The van der Waals surface area contributed by atoms with Crippen LogP contribution in [0, 0.1) is 10.1 Å². The second-order valence-corrected chi connectivity index (χ2v) is 4.88. The molecule has 2 rings (SSSR count). The van der Waals surface area contributed by atoms with Gasteiger partial charge in [-0.2, -0.15) is 0 Å². The van der Waals surface area contributed by atoms with Crippen LogP contribution in [-0.4, -0.2) is 45.5 Å². The molecule has 0 atom stereocenters. The van der Waals surface area contributed by atoms with Crippen molar-refractivity contribution in [1.82, 2.24) is 4.90 Å². The van der Waals surface area contributed by atoms with E-state index in [0.29, 0.717) is 0 Å². The molecule has 0 radical (unpaired) electrons. The van der Waals surface area contributed by atoms with Gasteiger partial charge in [-0.05, 0) is 32.0 Å². The summed E-state index contributed by atoms with van der Waals surface area (Å²) >= 11 is 0. The standard InChI is InChI=1S/C13H16N2O5.ClH/c16-11-7-9(6-10(13(11)18)15(19)20)12(17)8-14-4-2-1-3-5-14;/h6-7,16,18H,1-5,8H2;1H. The smallest absolute Gasteiger partial charge is 0.315 e. The van der Waals surface area contributed by atoms with E-state index in [1.165, 1.54) is 0 Å². The second kappa shape index (κ2) is 7.24. The van der Waals surface area contributed by atoms with Crippen LogP contribution in [0.5, 0.6) is 11.5 Å². The molecule has 0 aliphatic carbocycles. The van der Waals surface area contributed by atoms with Crippen molar-refractivity contribution >= 4 is 23.9 Å². The number of hydrogen-bond donors (Lipinski definition) is 2. The fourth-order valence-corrected chi connectivity index (χ4v) is 2.32. The molecule has 0 aromatic heterocycles. The van der Waals surface area contributed by atoms with Gasteiger partial charge in [-0.3, -0.25) is 19.8 Å². The number of carbonyl (C=O) groups excluding carboxylic acids is 1. The highest BCUT2D eigenvalue weighted by atomic mass is 35.5. The van der Waals surface area contributed by atoms with E-state index in [4.69, 9.17) is 0 Å². The van der Waals surface area contributed by atoms with E-state index in [-0.39, 0.29) is 30.3 Å². The molecule has 0 saturated carbocycles. The van der Waals surface area contributed by atoms with Gasteiger partial charge in [0.15, 0.2) is 11.5 Å². The average Bonchev–Trinajstić information content (AvgIpc) is 2.42. The van der Waals surface area contributed by atoms with Crippen molar-refractivity contribution in [3.63, 3.8) is 0 Å². The first-order valence-electron chi connectivity index (χ1n) is 6.45. The molecule has 1 fully saturated rings. The zero-order valence-electron chi connectivity index (χ0n) is 11.3. The number of phenolic OH excluding ortho intramolecular Hbond substituents is 2. The summed E-state index contributed by atoms with van der Waals surface area (Å²) in [5.41, 5.74) is -0.621. The fraction of sp³-hybridized carbons (Fsp3) is 0.462. The van der Waals surface area contributed by atoms with Gasteiger partial charge in [0.05, 0.1) is 11.5 Å². The predicted molar refractivity (Wildman–Crippen MR) is 78.3 cm³/mol. The molecule has 0 bridgehead atoms. The number of rotatable bonds is 4. The highest BCUT2D eigenvalue weighted by molar-refractivity contribution is 5.99. The molecular weight excluding hydrogens is 300 g/mol. The van der Waals surface area contributed by atoms with Gasteiger partial charge in [-0.15, -0.1) is 12.4 Å². The molecule has 116 valence electrons. The Hall–Kier alpha value is -1.86. The van der Waals surface area contributed by atoms with Crippen molar-refractivity contribution in [2.75, 3.05) is 19.6 Å². The van der Waals surface area contributed by atoms with Crippen molar-refractivity contribution in [1.29, 1.82) is 0 Å². The molecule has 21 heavy (non-hydrogen) atoms. The fourth-order valence-electron chi connectivity index (χ4n) is 2.32. The van der Waals surface area contributed by atoms with Crippen LogP contribution in [-0.2, 0) is 0 Å². The summed E-state index contributed by atoms with van der Waals surface area (Å²) in [4.78, 5) is 24.0. The van der Waals surface area contributed by atoms with Crippen LogP contribution in [0.25, 0.3) is 0 Å². The van der Waals surface area contributed by atoms with Crippen LogP contribution in [0.1, 0.15) is 29.6 Å². The molecule has 1 aromatic carbocycles. The Kier molecular flexibility index (Phi) is 5.92. The largest absolute Gasteiger partial charge is 0.504 e. The van der Waals surface area contributed by atoms with E-state index in [1.54, 1.807) is 0 Å². The molecule has 7 nitrogen and oxygen atoms in total. The molecule has 0 amide bonds. The van der Waals surface area contributed by atoms with Gasteiger partial charge < -0.3 is 10.2 Å². The molecule has 0 spiro atoms. The first-order chi connectivity index (χ1) is 9.49. The summed E-state index contributed by atoms with van der Waals surface area (Å²) in [6.45, 7) is 1.83. The van der Waals surface area contributed by atoms with E-state index in [0.717, 1.165) is 44.5 Å². The van der Waals surface area contributed by atoms with Gasteiger partial charge in [-0.25, -0.2) is 0 Å². The Balaban J connectivity index is 0.00000220. The van der Waals surface area contributed by atoms with E-state index in [1.807, 2.05) is 4.90 Å². The van der Waals surface area contributed by atoms with Crippen LogP contribution >= 0.6 is 12.4 Å². The number of likely N-dealkylation sites (tertiary alicyclic amines) is 1. The predicted octanol–water partition coefficient (Wildman–Crippen LogP) is 2.10. The summed E-state index contributed by atoms with van der Waals surface area (Å²) < 4.78 is 0. The third-order valence-corrected chi connectivity index (χ3v) is 3.40. The van der Waals surface area contributed by atoms with Crippen LogP contribution in [0.3, 0.4) is 0 Å². The van der Waals surface area contributed by atoms with Gasteiger partial charge in [0.1, 0.15) is 0 Å². The summed E-state index contributed by atoms with van der Waals surface area (Å²) in [7, 11) is 0. The monoisotopic (exact) mass is 316 g/mol. The quantitative estimate of drug-likeness (QED) is 0.381. The Morgan fingerprint density at radius 2 is 1.86 bits per heavy atom. The third kappa shape index (κ3) is 4.05. The van der Waals surface area contributed by atoms with Crippen molar-refractivity contribution in [3.05, 3.63) is 27.8 Å². The number of halogens is 1. The van der Waals surface area contributed by atoms with Crippen LogP contribution < -0.4 is 0 Å². The summed E-state index contributed by atoms with van der Waals surface area (Å²) in [5.74, 6) is -1.77. The Labute approximate surface area is 127 Å². The zero-order chi connectivity index (χ0) is 14.7. The number of phenols is 2. The molecule has 1 saturated heterocycles. The van der Waals surface area contributed by atoms with Crippen molar-refractivity contribution in [2.45, 2.75) is 19.3 Å². The van der Waals surface area contributed by atoms with Gasteiger partial charge in [0.2, 0.25) is 5.75 Å². The normalized spacial score (nSPS) is 15.2. The summed E-state index contributed by atoms with van der Waals surface area (Å²) in [5, 5.41) is 29.6. The molecule has 1 aliphatic heterocycles. The number of nitro groups is 1. The summed E-state index contributed by atoms with van der Waals surface area (Å²) in [6.07, 6.45) is 3.22. The lowest BCUT2D eigenvalue weighted by Gasteiger charge is -2.25. The van der Waals surface area contributed by atoms with Gasteiger partial charge >= 0.3 is 5.69 Å². The van der Waals surface area contributed by atoms with Crippen LogP contribution in [0.15, 0.2) is 12.1 Å². The number of benzene rings is 1. The number of nitro benzene ring substituents is 1. The number of ketones is 1. The number of piperidine rings is 1. The Morgan fingerprint density at radius 1 is 1.24 bits per heavy atom. The first-order valence-corrected chi connectivity index (χ1v) is 6.45. The molecule has 1 aromatic rings. The van der Waals surface area contributed by atoms with E-state index < -0.39 is 22.1 Å². The molecule has 0 unspecified atom stereocenters. The topological polar surface area (TPSA) is 104 Å². The Bertz CT molecular complexity index is 544. The zero-order valence-corrected chi connectivity index (χ0v) is 12.1. The maximum Gasteiger partial charge on any atom is 0.315 e. The first kappa shape index (κ1) is 17.2. The minimum Gasteiger partial charge on any atom is -0.504 e. The molecule has 2 N–H and O–H groups in total. The number of Topliss-reactive ketones (excluding diaryl/α,β-unsaturated/α-hetero) is 1. The second-order valence-electron chi connectivity index (χ2n) is 4.88. The van der Waals surface area contributed by atoms with Gasteiger partial charge in [0.25, 0.3) is 0 Å². The molecule has 8 heteroatoms. The summed E-state index contributed by atoms with van der Waals surface area (Å²) in [6, 6.07) is 2.07. The molecule has 1 heterocycles. The van der Waals surface area contributed by atoms with Crippen molar-refractivity contribution < 1.29 is 19.9 Å². The van der Waals surface area contributed by atoms with Crippen molar-refractivity contribution in [3.8, 4) is 11.5 Å². The maximum absolute atomic E-state index is 12.1. The van der Waals surface area contributed by atoms with Gasteiger partial charge in [0, 0.05) is 11.6 Å². The van der Waals surface area contributed by atoms with E-state index in [2.05, 4.69) is 0 Å². The number of nitrogens with zero attached hydrogens (tertiary/aromatic N) is 2. The Morgan fingerprint density at radius 3 is 2.43 bits per heavy atom. The van der Waals surface area contributed by atoms with Crippen molar-refractivity contribution in [2.24, 2.45) is 0 Å². The maximum atomic E-state index is 12.1. The number of aromatic hydroxyl groups is 2. The highest BCUT2D eigenvalue weighted by Gasteiger charge is 2.23. The van der Waals surface area contributed by atoms with Crippen LogP contribution in [0.4, 0.5) is 5.69 Å². The third-order valence-electron chi connectivity index (χ3n) is 3.40. The highest BCUT2D eigenvalue weighted by Crippen LogP contribution is 2.36. The lowest BCUT2D eigenvalue weighted by atomic mass is 10.1. The average molecular weight is 317 g/mol. The minimum absolute atomic E-state index is 0. The van der Waals surface area contributed by atoms with E-state index >= 15 is 0 Å². The minimum atomic E-state index is -0.827. The molecular formula is C13H17ClN2O5. The van der Waals surface area contributed by atoms with E-state index in [9.17, 15) is 25.1 Å². The van der Waals surface area contributed by atoms with Gasteiger partial charge in [-0.1, -0.05) is 6.42 Å². The lowest BCUT2D eigenvalue weighted by Crippen LogP contribution is -2.34. The SMILES string of the molecule is Cl.O=C(CN1CCCCC1)c1cc(O)c(O)c([N+](=O)[O-])c1. The van der Waals surface area contributed by atoms with Crippen LogP contribution in [0.2, 0.25) is 0 Å². The number of carbonyl (C=O) groups is 1. The molecule has 1 aliphatic rings.